The SMILES string of the molecule is NC(=O)CCOc1ccc(NC(=O)CC2CNC2)cc1. The smallest absolute Gasteiger partial charge is 0.224 e. The van der Waals surface area contributed by atoms with Gasteiger partial charge in [-0.2, -0.15) is 0 Å². The fraction of sp³-hybridized carbons (Fsp3) is 0.429. The second kappa shape index (κ2) is 6.91. The van der Waals surface area contributed by atoms with Gasteiger partial charge in [0.2, 0.25) is 11.8 Å². The van der Waals surface area contributed by atoms with Crippen LogP contribution in [0.5, 0.6) is 5.75 Å². The largest absolute Gasteiger partial charge is 0.493 e. The molecule has 6 nitrogen and oxygen atoms in total. The van der Waals surface area contributed by atoms with E-state index in [0.717, 1.165) is 18.8 Å². The Morgan fingerprint density at radius 3 is 2.55 bits per heavy atom. The molecule has 2 amide bonds. The van der Waals surface area contributed by atoms with Crippen LogP contribution in [-0.2, 0) is 9.59 Å². The van der Waals surface area contributed by atoms with Crippen molar-refractivity contribution in [2.75, 3.05) is 25.0 Å². The lowest BCUT2D eigenvalue weighted by atomic mass is 9.99. The van der Waals surface area contributed by atoms with E-state index in [0.29, 0.717) is 18.1 Å². The van der Waals surface area contributed by atoms with Crippen molar-refractivity contribution >= 4 is 17.5 Å². The summed E-state index contributed by atoms with van der Waals surface area (Å²) >= 11 is 0. The van der Waals surface area contributed by atoms with Crippen LogP contribution < -0.4 is 21.1 Å². The lowest BCUT2D eigenvalue weighted by Crippen LogP contribution is -2.43. The lowest BCUT2D eigenvalue weighted by molar-refractivity contribution is -0.119. The number of anilines is 1. The molecular formula is C14H19N3O3. The third-order valence-corrected chi connectivity index (χ3v) is 3.10. The van der Waals surface area contributed by atoms with E-state index in [1.807, 2.05) is 0 Å². The normalized spacial score (nSPS) is 14.4. The molecule has 0 radical (unpaired) electrons. The molecule has 108 valence electrons. The van der Waals surface area contributed by atoms with Crippen LogP contribution in [0.25, 0.3) is 0 Å². The van der Waals surface area contributed by atoms with E-state index in [4.69, 9.17) is 10.5 Å². The number of nitrogens with two attached hydrogens (primary N) is 1. The molecule has 0 aromatic heterocycles. The zero-order valence-corrected chi connectivity index (χ0v) is 11.2. The van der Waals surface area contributed by atoms with Gasteiger partial charge in [-0.05, 0) is 43.3 Å². The molecule has 0 unspecified atom stereocenters. The van der Waals surface area contributed by atoms with Crippen molar-refractivity contribution in [2.24, 2.45) is 11.7 Å². The Kier molecular flexibility index (Phi) is 4.95. The Morgan fingerprint density at radius 2 is 2.00 bits per heavy atom. The zero-order valence-electron chi connectivity index (χ0n) is 11.2. The van der Waals surface area contributed by atoms with Crippen molar-refractivity contribution in [2.45, 2.75) is 12.8 Å². The van der Waals surface area contributed by atoms with Gasteiger partial charge in [0.1, 0.15) is 5.75 Å². The van der Waals surface area contributed by atoms with Crippen molar-refractivity contribution in [3.63, 3.8) is 0 Å². The summed E-state index contributed by atoms with van der Waals surface area (Å²) in [6.45, 7) is 2.09. The van der Waals surface area contributed by atoms with E-state index in [9.17, 15) is 9.59 Å². The van der Waals surface area contributed by atoms with E-state index in [1.165, 1.54) is 0 Å². The summed E-state index contributed by atoms with van der Waals surface area (Å²) in [6.07, 6.45) is 0.734. The van der Waals surface area contributed by atoms with Crippen LogP contribution in [0.2, 0.25) is 0 Å². The molecule has 1 aromatic carbocycles. The van der Waals surface area contributed by atoms with Gasteiger partial charge < -0.3 is 21.1 Å². The van der Waals surface area contributed by atoms with Gasteiger partial charge >= 0.3 is 0 Å². The quantitative estimate of drug-likeness (QED) is 0.676. The number of benzene rings is 1. The maximum absolute atomic E-state index is 11.7. The molecule has 2 rings (SSSR count). The highest BCUT2D eigenvalue weighted by molar-refractivity contribution is 5.91. The van der Waals surface area contributed by atoms with E-state index >= 15 is 0 Å². The number of amides is 2. The van der Waals surface area contributed by atoms with Crippen LogP contribution in [0.1, 0.15) is 12.8 Å². The third kappa shape index (κ3) is 4.55. The summed E-state index contributed by atoms with van der Waals surface area (Å²) < 4.78 is 5.35. The van der Waals surface area contributed by atoms with Crippen LogP contribution in [-0.4, -0.2) is 31.5 Å². The predicted octanol–water partition coefficient (Wildman–Crippen LogP) is 0.489. The van der Waals surface area contributed by atoms with Crippen molar-refractivity contribution in [3.8, 4) is 5.75 Å². The van der Waals surface area contributed by atoms with E-state index in [1.54, 1.807) is 24.3 Å². The third-order valence-electron chi connectivity index (χ3n) is 3.10. The van der Waals surface area contributed by atoms with Gasteiger partial charge in [0.25, 0.3) is 0 Å². The molecular weight excluding hydrogens is 258 g/mol. The average Bonchev–Trinajstić information content (AvgIpc) is 2.36. The molecule has 0 bridgehead atoms. The summed E-state index contributed by atoms with van der Waals surface area (Å²) in [5.74, 6) is 0.733. The summed E-state index contributed by atoms with van der Waals surface area (Å²) in [6, 6.07) is 7.05. The van der Waals surface area contributed by atoms with Gasteiger partial charge in [0.05, 0.1) is 13.0 Å². The number of primary amides is 1. The molecule has 1 aromatic rings. The predicted molar refractivity (Wildman–Crippen MR) is 75.4 cm³/mol. The molecule has 1 heterocycles. The Labute approximate surface area is 117 Å². The molecule has 20 heavy (non-hydrogen) atoms. The zero-order chi connectivity index (χ0) is 14.4. The average molecular weight is 277 g/mol. The number of nitrogens with one attached hydrogen (secondary N) is 2. The minimum Gasteiger partial charge on any atom is -0.493 e. The minimum absolute atomic E-state index is 0.0268. The van der Waals surface area contributed by atoms with Gasteiger partial charge in [-0.1, -0.05) is 0 Å². The Bertz CT molecular complexity index is 469. The highest BCUT2D eigenvalue weighted by Gasteiger charge is 2.19. The van der Waals surface area contributed by atoms with Crippen molar-refractivity contribution in [3.05, 3.63) is 24.3 Å². The van der Waals surface area contributed by atoms with Crippen LogP contribution >= 0.6 is 0 Å². The topological polar surface area (TPSA) is 93.5 Å². The highest BCUT2D eigenvalue weighted by Crippen LogP contribution is 2.17. The Balaban J connectivity index is 1.75. The molecule has 0 atom stereocenters. The van der Waals surface area contributed by atoms with Gasteiger partial charge in [-0.15, -0.1) is 0 Å². The summed E-state index contributed by atoms with van der Waals surface area (Å²) in [7, 11) is 0. The van der Waals surface area contributed by atoms with Crippen LogP contribution in [0.15, 0.2) is 24.3 Å². The van der Waals surface area contributed by atoms with Crippen LogP contribution in [0.3, 0.4) is 0 Å². The van der Waals surface area contributed by atoms with E-state index in [-0.39, 0.29) is 24.8 Å². The fourth-order valence-electron chi connectivity index (χ4n) is 1.87. The second-order valence-electron chi connectivity index (χ2n) is 4.87. The monoisotopic (exact) mass is 277 g/mol. The number of hydrogen-bond donors (Lipinski definition) is 3. The number of carbonyl (C=O) groups is 2. The number of ether oxygens (including phenoxy) is 1. The minimum atomic E-state index is -0.389. The van der Waals surface area contributed by atoms with Gasteiger partial charge in [-0.3, -0.25) is 9.59 Å². The second-order valence-corrected chi connectivity index (χ2v) is 4.87. The molecule has 0 saturated carbocycles. The van der Waals surface area contributed by atoms with Crippen molar-refractivity contribution in [1.29, 1.82) is 0 Å². The fourth-order valence-corrected chi connectivity index (χ4v) is 1.87. The first-order valence-electron chi connectivity index (χ1n) is 6.65. The molecule has 0 aliphatic carbocycles. The standard InChI is InChI=1S/C14H19N3O3/c15-13(18)5-6-20-12-3-1-11(2-4-12)17-14(19)7-10-8-16-9-10/h1-4,10,16H,5-9H2,(H2,15,18)(H,17,19). The summed E-state index contributed by atoms with van der Waals surface area (Å²) in [5.41, 5.74) is 5.76. The Morgan fingerprint density at radius 1 is 1.30 bits per heavy atom. The maximum atomic E-state index is 11.7. The first-order chi connectivity index (χ1) is 9.63. The number of rotatable bonds is 7. The molecule has 4 N–H and O–H groups in total. The van der Waals surface area contributed by atoms with E-state index < -0.39 is 0 Å². The first-order valence-corrected chi connectivity index (χ1v) is 6.65. The van der Waals surface area contributed by atoms with Gasteiger partial charge in [0.15, 0.2) is 0 Å². The maximum Gasteiger partial charge on any atom is 0.224 e. The molecule has 1 aliphatic heterocycles. The van der Waals surface area contributed by atoms with E-state index in [2.05, 4.69) is 10.6 Å². The van der Waals surface area contributed by atoms with Gasteiger partial charge in [-0.25, -0.2) is 0 Å². The van der Waals surface area contributed by atoms with Crippen LogP contribution in [0.4, 0.5) is 5.69 Å². The molecule has 6 heteroatoms. The molecule has 1 saturated heterocycles. The molecule has 0 spiro atoms. The van der Waals surface area contributed by atoms with Crippen molar-refractivity contribution in [1.82, 2.24) is 5.32 Å². The summed E-state index contributed by atoms with van der Waals surface area (Å²) in [5, 5.41) is 5.98. The molecule has 1 aliphatic rings. The number of carbonyl (C=O) groups excluding carboxylic acids is 2. The highest BCUT2D eigenvalue weighted by atomic mass is 16.5. The lowest BCUT2D eigenvalue weighted by Gasteiger charge is -2.26. The van der Waals surface area contributed by atoms with Crippen molar-refractivity contribution < 1.29 is 14.3 Å². The Hall–Kier alpha value is -2.08. The van der Waals surface area contributed by atoms with Gasteiger partial charge in [0, 0.05) is 12.1 Å². The summed E-state index contributed by atoms with van der Waals surface area (Å²) in [4.78, 5) is 22.3. The van der Waals surface area contributed by atoms with Crippen LogP contribution in [0, 0.1) is 5.92 Å². The molecule has 1 fully saturated rings. The number of hydrogen-bond acceptors (Lipinski definition) is 4. The first kappa shape index (κ1) is 14.3.